The van der Waals surface area contributed by atoms with Crippen LogP contribution in [0.15, 0.2) is 18.3 Å². The summed E-state index contributed by atoms with van der Waals surface area (Å²) in [4.78, 5) is 5.53. The molecule has 1 fully saturated rings. The molecule has 0 spiro atoms. The molecule has 106 valence electrons. The molecule has 1 aliphatic carbocycles. The van der Waals surface area contributed by atoms with Gasteiger partial charge in [-0.3, -0.25) is 9.88 Å². The standard InChI is InChI=1S/C14H19F3N2/c1-19(12-7-3-2-4-8-12)10-11-6-5-9-18-13(11)14(15,16)17/h5-6,9,12H,2-4,7-8,10H2,1H3. The molecule has 1 heterocycles. The van der Waals surface area contributed by atoms with E-state index in [0.29, 0.717) is 12.6 Å². The second-order valence-corrected chi connectivity index (χ2v) is 5.22. The van der Waals surface area contributed by atoms with Crippen molar-refractivity contribution >= 4 is 0 Å². The molecule has 1 saturated carbocycles. The minimum atomic E-state index is -4.37. The van der Waals surface area contributed by atoms with Crippen molar-refractivity contribution in [2.45, 2.75) is 50.9 Å². The quantitative estimate of drug-likeness (QED) is 0.830. The molecule has 1 aromatic rings. The summed E-state index contributed by atoms with van der Waals surface area (Å²) in [5, 5.41) is 0. The van der Waals surface area contributed by atoms with Crippen molar-refractivity contribution in [3.8, 4) is 0 Å². The fourth-order valence-corrected chi connectivity index (χ4v) is 2.74. The third-order valence-electron chi connectivity index (χ3n) is 3.78. The largest absolute Gasteiger partial charge is 0.433 e. The van der Waals surface area contributed by atoms with Gasteiger partial charge in [-0.1, -0.05) is 25.3 Å². The first-order valence-corrected chi connectivity index (χ1v) is 6.70. The third-order valence-corrected chi connectivity index (χ3v) is 3.78. The smallest absolute Gasteiger partial charge is 0.299 e. The Morgan fingerprint density at radius 1 is 1.26 bits per heavy atom. The Kier molecular flexibility index (Phi) is 4.45. The summed E-state index contributed by atoms with van der Waals surface area (Å²) in [7, 11) is 1.91. The second kappa shape index (κ2) is 5.90. The van der Waals surface area contributed by atoms with Crippen LogP contribution < -0.4 is 0 Å². The predicted molar refractivity (Wildman–Crippen MR) is 67.6 cm³/mol. The molecule has 0 saturated heterocycles. The maximum Gasteiger partial charge on any atom is 0.433 e. The van der Waals surface area contributed by atoms with Gasteiger partial charge in [-0.05, 0) is 31.5 Å². The molecular formula is C14H19F3N2. The Morgan fingerprint density at radius 2 is 1.95 bits per heavy atom. The lowest BCUT2D eigenvalue weighted by atomic mass is 9.94. The van der Waals surface area contributed by atoms with Crippen molar-refractivity contribution in [1.29, 1.82) is 0 Å². The van der Waals surface area contributed by atoms with Gasteiger partial charge < -0.3 is 0 Å². The number of nitrogens with zero attached hydrogens (tertiary/aromatic N) is 2. The zero-order valence-corrected chi connectivity index (χ0v) is 11.1. The van der Waals surface area contributed by atoms with E-state index in [1.54, 1.807) is 6.07 Å². The topological polar surface area (TPSA) is 16.1 Å². The van der Waals surface area contributed by atoms with E-state index in [-0.39, 0.29) is 5.56 Å². The van der Waals surface area contributed by atoms with Crippen LogP contribution in [0, 0.1) is 0 Å². The van der Waals surface area contributed by atoms with Gasteiger partial charge in [-0.15, -0.1) is 0 Å². The van der Waals surface area contributed by atoms with Crippen molar-refractivity contribution < 1.29 is 13.2 Å². The average molecular weight is 272 g/mol. The predicted octanol–water partition coefficient (Wildman–Crippen LogP) is 3.86. The normalized spacial score (nSPS) is 17.9. The van der Waals surface area contributed by atoms with Crippen molar-refractivity contribution in [3.63, 3.8) is 0 Å². The molecule has 0 unspecified atom stereocenters. The average Bonchev–Trinajstić information content (AvgIpc) is 2.39. The maximum atomic E-state index is 12.9. The number of aromatic nitrogens is 1. The number of hydrogen-bond acceptors (Lipinski definition) is 2. The van der Waals surface area contributed by atoms with E-state index in [9.17, 15) is 13.2 Å². The molecule has 0 bridgehead atoms. The van der Waals surface area contributed by atoms with Gasteiger partial charge >= 0.3 is 6.18 Å². The molecule has 1 aromatic heterocycles. The second-order valence-electron chi connectivity index (χ2n) is 5.22. The van der Waals surface area contributed by atoms with Crippen molar-refractivity contribution in [1.82, 2.24) is 9.88 Å². The lowest BCUT2D eigenvalue weighted by Crippen LogP contribution is -2.33. The Labute approximate surface area is 111 Å². The summed E-state index contributed by atoms with van der Waals surface area (Å²) < 4.78 is 38.6. The van der Waals surface area contributed by atoms with Gasteiger partial charge in [0.1, 0.15) is 5.69 Å². The van der Waals surface area contributed by atoms with E-state index in [4.69, 9.17) is 0 Å². The van der Waals surface area contributed by atoms with Crippen LogP contribution in [0.2, 0.25) is 0 Å². The summed E-state index contributed by atoms with van der Waals surface area (Å²) in [5.41, 5.74) is -0.485. The molecule has 0 radical (unpaired) electrons. The molecule has 0 N–H and O–H groups in total. The van der Waals surface area contributed by atoms with Crippen LogP contribution in [-0.4, -0.2) is 23.0 Å². The fourth-order valence-electron chi connectivity index (χ4n) is 2.74. The van der Waals surface area contributed by atoms with Gasteiger partial charge in [0.05, 0.1) is 0 Å². The highest BCUT2D eigenvalue weighted by molar-refractivity contribution is 5.22. The van der Waals surface area contributed by atoms with Crippen molar-refractivity contribution in [3.05, 3.63) is 29.6 Å². The number of hydrogen-bond donors (Lipinski definition) is 0. The minimum Gasteiger partial charge on any atom is -0.299 e. The fraction of sp³-hybridized carbons (Fsp3) is 0.643. The van der Waals surface area contributed by atoms with Crippen LogP contribution in [0.4, 0.5) is 13.2 Å². The first kappa shape index (κ1) is 14.3. The molecule has 19 heavy (non-hydrogen) atoms. The highest BCUT2D eigenvalue weighted by Gasteiger charge is 2.35. The first-order chi connectivity index (χ1) is 8.98. The van der Waals surface area contributed by atoms with Gasteiger partial charge in [0.25, 0.3) is 0 Å². The van der Waals surface area contributed by atoms with Gasteiger partial charge in [0.15, 0.2) is 0 Å². The Hall–Kier alpha value is -1.10. The molecule has 2 rings (SSSR count). The number of alkyl halides is 3. The van der Waals surface area contributed by atoms with Gasteiger partial charge in [0, 0.05) is 18.8 Å². The Bertz CT molecular complexity index is 411. The van der Waals surface area contributed by atoms with Crippen LogP contribution in [0.5, 0.6) is 0 Å². The Balaban J connectivity index is 2.10. The van der Waals surface area contributed by atoms with Crippen LogP contribution in [0.3, 0.4) is 0 Å². The molecule has 0 amide bonds. The molecule has 0 aromatic carbocycles. The summed E-state index contributed by atoms with van der Waals surface area (Å²) >= 11 is 0. The van der Waals surface area contributed by atoms with Crippen LogP contribution >= 0.6 is 0 Å². The number of rotatable bonds is 3. The lowest BCUT2D eigenvalue weighted by molar-refractivity contribution is -0.142. The van der Waals surface area contributed by atoms with Crippen molar-refractivity contribution in [2.75, 3.05) is 7.05 Å². The summed E-state index contributed by atoms with van der Waals surface area (Å²) in [5.74, 6) is 0. The monoisotopic (exact) mass is 272 g/mol. The summed E-state index contributed by atoms with van der Waals surface area (Å²) in [6.45, 7) is 0.313. The third kappa shape index (κ3) is 3.69. The van der Waals surface area contributed by atoms with E-state index < -0.39 is 11.9 Å². The van der Waals surface area contributed by atoms with E-state index in [1.807, 2.05) is 11.9 Å². The highest BCUT2D eigenvalue weighted by Crippen LogP contribution is 2.31. The molecule has 0 atom stereocenters. The molecule has 2 nitrogen and oxygen atoms in total. The first-order valence-electron chi connectivity index (χ1n) is 6.70. The lowest BCUT2D eigenvalue weighted by Gasteiger charge is -2.31. The van der Waals surface area contributed by atoms with Crippen LogP contribution in [-0.2, 0) is 12.7 Å². The maximum absolute atomic E-state index is 12.9. The molecule has 0 aliphatic heterocycles. The van der Waals surface area contributed by atoms with Gasteiger partial charge in [0.2, 0.25) is 0 Å². The van der Waals surface area contributed by atoms with Crippen LogP contribution in [0.1, 0.15) is 43.4 Å². The highest BCUT2D eigenvalue weighted by atomic mass is 19.4. The Morgan fingerprint density at radius 3 is 2.58 bits per heavy atom. The molecule has 1 aliphatic rings. The van der Waals surface area contributed by atoms with Gasteiger partial charge in [-0.25, -0.2) is 0 Å². The zero-order valence-electron chi connectivity index (χ0n) is 11.1. The van der Waals surface area contributed by atoms with Gasteiger partial charge in [-0.2, -0.15) is 13.2 Å². The zero-order chi connectivity index (χ0) is 13.9. The molecular weight excluding hydrogens is 253 g/mol. The van der Waals surface area contributed by atoms with Crippen LogP contribution in [0.25, 0.3) is 0 Å². The number of halogens is 3. The number of pyridine rings is 1. The SMILES string of the molecule is CN(Cc1cccnc1C(F)(F)F)C1CCCCC1. The van der Waals surface area contributed by atoms with E-state index in [1.165, 1.54) is 31.5 Å². The minimum absolute atomic E-state index is 0.267. The van der Waals surface area contributed by atoms with Crippen molar-refractivity contribution in [2.24, 2.45) is 0 Å². The van der Waals surface area contributed by atoms with E-state index in [0.717, 1.165) is 12.8 Å². The van der Waals surface area contributed by atoms with E-state index >= 15 is 0 Å². The van der Waals surface area contributed by atoms with E-state index in [2.05, 4.69) is 4.98 Å². The summed E-state index contributed by atoms with van der Waals surface area (Å²) in [6.07, 6.45) is 2.58. The molecule has 5 heteroatoms. The summed E-state index contributed by atoms with van der Waals surface area (Å²) in [6, 6.07) is 3.49.